The fraction of sp³-hybridized carbons (Fsp3) is 0.467. The second-order valence-corrected chi connectivity index (χ2v) is 6.67. The molecule has 4 nitrogen and oxygen atoms in total. The molecule has 0 radical (unpaired) electrons. The third-order valence-electron chi connectivity index (χ3n) is 2.96. The lowest BCUT2D eigenvalue weighted by molar-refractivity contribution is -0.138. The number of carboxylic acid groups (broad SMARTS) is 1. The van der Waals surface area contributed by atoms with Gasteiger partial charge in [0.1, 0.15) is 0 Å². The van der Waals surface area contributed by atoms with Crippen molar-refractivity contribution in [1.29, 1.82) is 0 Å². The highest BCUT2D eigenvalue weighted by molar-refractivity contribution is 7.99. The van der Waals surface area contributed by atoms with E-state index in [1.54, 1.807) is 11.8 Å². The predicted molar refractivity (Wildman–Crippen MR) is 85.8 cm³/mol. The largest absolute Gasteiger partial charge is 0.481 e. The van der Waals surface area contributed by atoms with Crippen molar-refractivity contribution in [3.63, 3.8) is 0 Å². The molecule has 21 heavy (non-hydrogen) atoms. The predicted octanol–water partition coefficient (Wildman–Crippen LogP) is 3.44. The van der Waals surface area contributed by atoms with E-state index in [1.165, 1.54) is 0 Å². The summed E-state index contributed by atoms with van der Waals surface area (Å²) in [6.07, 6.45) is 0.309. The van der Waals surface area contributed by atoms with Crippen molar-refractivity contribution in [3.8, 4) is 0 Å². The maximum atomic E-state index is 11.8. The molecule has 0 bridgehead atoms. The van der Waals surface area contributed by atoms with Crippen LogP contribution >= 0.6 is 23.4 Å². The fourth-order valence-electron chi connectivity index (χ4n) is 1.71. The Kier molecular flexibility index (Phi) is 7.61. The summed E-state index contributed by atoms with van der Waals surface area (Å²) in [6, 6.07) is 7.12. The fourth-order valence-corrected chi connectivity index (χ4v) is 2.69. The van der Waals surface area contributed by atoms with Crippen molar-refractivity contribution >= 4 is 35.2 Å². The highest BCUT2D eigenvalue weighted by Crippen LogP contribution is 2.21. The first-order valence-corrected chi connectivity index (χ1v) is 8.14. The van der Waals surface area contributed by atoms with Crippen molar-refractivity contribution in [1.82, 2.24) is 5.32 Å². The molecular weight excluding hydrogens is 310 g/mol. The van der Waals surface area contributed by atoms with Crippen LogP contribution in [0.25, 0.3) is 0 Å². The molecule has 1 rings (SSSR count). The van der Waals surface area contributed by atoms with Crippen molar-refractivity contribution in [3.05, 3.63) is 29.3 Å². The summed E-state index contributed by atoms with van der Waals surface area (Å²) in [6.45, 7) is 3.80. The number of hydrogen-bond donors (Lipinski definition) is 2. The lowest BCUT2D eigenvalue weighted by Crippen LogP contribution is -2.40. The first-order valence-electron chi connectivity index (χ1n) is 6.78. The second-order valence-electron chi connectivity index (χ2n) is 5.07. The maximum absolute atomic E-state index is 11.8. The molecule has 0 aromatic heterocycles. The first-order chi connectivity index (χ1) is 9.88. The van der Waals surface area contributed by atoms with Crippen LogP contribution in [-0.2, 0) is 9.59 Å². The first kappa shape index (κ1) is 17.9. The standard InChI is InChI=1S/C15H20ClNO3S/c1-10(2)13(9-15(19)20)17-14(18)7-8-21-12-5-3-11(16)4-6-12/h3-6,10,13H,7-9H2,1-2H3,(H,17,18)(H,19,20). The van der Waals surface area contributed by atoms with E-state index >= 15 is 0 Å². The average Bonchev–Trinajstić information content (AvgIpc) is 2.39. The van der Waals surface area contributed by atoms with E-state index in [0.29, 0.717) is 17.2 Å². The van der Waals surface area contributed by atoms with E-state index in [0.717, 1.165) is 4.90 Å². The third kappa shape index (κ3) is 7.39. The molecule has 0 aliphatic rings. The summed E-state index contributed by atoms with van der Waals surface area (Å²) < 4.78 is 0. The molecule has 0 fully saturated rings. The minimum absolute atomic E-state index is 0.0479. The number of rotatable bonds is 8. The van der Waals surface area contributed by atoms with Gasteiger partial charge in [-0.3, -0.25) is 9.59 Å². The number of carbonyl (C=O) groups excluding carboxylic acids is 1. The van der Waals surface area contributed by atoms with Gasteiger partial charge in [-0.15, -0.1) is 11.8 Å². The molecule has 1 atom stereocenters. The van der Waals surface area contributed by atoms with Crippen LogP contribution in [0.3, 0.4) is 0 Å². The number of amides is 1. The second kappa shape index (κ2) is 8.95. The zero-order chi connectivity index (χ0) is 15.8. The summed E-state index contributed by atoms with van der Waals surface area (Å²) in [7, 11) is 0. The molecule has 0 aliphatic heterocycles. The Morgan fingerprint density at radius 2 is 1.90 bits per heavy atom. The number of thioether (sulfide) groups is 1. The summed E-state index contributed by atoms with van der Waals surface area (Å²) in [4.78, 5) is 23.7. The van der Waals surface area contributed by atoms with Crippen LogP contribution in [0.15, 0.2) is 29.2 Å². The van der Waals surface area contributed by atoms with Gasteiger partial charge in [-0.1, -0.05) is 25.4 Å². The average molecular weight is 330 g/mol. The number of halogens is 1. The van der Waals surface area contributed by atoms with Gasteiger partial charge in [0.15, 0.2) is 0 Å². The van der Waals surface area contributed by atoms with Crippen LogP contribution in [0, 0.1) is 5.92 Å². The van der Waals surface area contributed by atoms with E-state index in [4.69, 9.17) is 16.7 Å². The van der Waals surface area contributed by atoms with Gasteiger partial charge in [0.2, 0.25) is 5.91 Å². The highest BCUT2D eigenvalue weighted by Gasteiger charge is 2.19. The number of carboxylic acids is 1. The van der Waals surface area contributed by atoms with Crippen LogP contribution in [0.1, 0.15) is 26.7 Å². The van der Waals surface area contributed by atoms with Crippen molar-refractivity contribution < 1.29 is 14.7 Å². The van der Waals surface area contributed by atoms with Crippen LogP contribution in [0.2, 0.25) is 5.02 Å². The summed E-state index contributed by atoms with van der Waals surface area (Å²) in [5, 5.41) is 12.3. The topological polar surface area (TPSA) is 66.4 Å². The number of carbonyl (C=O) groups is 2. The van der Waals surface area contributed by atoms with Gasteiger partial charge in [0.05, 0.1) is 6.42 Å². The van der Waals surface area contributed by atoms with Crippen molar-refractivity contribution in [2.45, 2.75) is 37.6 Å². The molecule has 0 heterocycles. The number of benzene rings is 1. The van der Waals surface area contributed by atoms with Gasteiger partial charge in [-0.25, -0.2) is 0 Å². The van der Waals surface area contributed by atoms with Gasteiger partial charge in [0, 0.05) is 28.1 Å². The molecule has 2 N–H and O–H groups in total. The summed E-state index contributed by atoms with van der Waals surface area (Å²) in [5.41, 5.74) is 0. The van der Waals surface area contributed by atoms with Gasteiger partial charge < -0.3 is 10.4 Å². The Labute approximate surface area is 134 Å². The maximum Gasteiger partial charge on any atom is 0.305 e. The molecule has 1 amide bonds. The monoisotopic (exact) mass is 329 g/mol. The molecule has 0 spiro atoms. The SMILES string of the molecule is CC(C)C(CC(=O)O)NC(=O)CCSc1ccc(Cl)cc1. The lowest BCUT2D eigenvalue weighted by Gasteiger charge is -2.20. The Balaban J connectivity index is 2.35. The Morgan fingerprint density at radius 1 is 1.29 bits per heavy atom. The van der Waals surface area contributed by atoms with Crippen LogP contribution in [0.4, 0.5) is 0 Å². The van der Waals surface area contributed by atoms with E-state index in [1.807, 2.05) is 38.1 Å². The summed E-state index contributed by atoms with van der Waals surface area (Å²) in [5.74, 6) is -0.277. The molecule has 1 unspecified atom stereocenters. The van der Waals surface area contributed by atoms with Crippen LogP contribution < -0.4 is 5.32 Å². The van der Waals surface area contributed by atoms with Crippen molar-refractivity contribution in [2.75, 3.05) is 5.75 Å². The Hall–Kier alpha value is -1.20. The number of aliphatic carboxylic acids is 1. The molecule has 6 heteroatoms. The van der Waals surface area contributed by atoms with Gasteiger partial charge >= 0.3 is 5.97 Å². The molecule has 116 valence electrons. The molecule has 1 aromatic rings. The lowest BCUT2D eigenvalue weighted by atomic mass is 10.0. The zero-order valence-corrected chi connectivity index (χ0v) is 13.7. The minimum Gasteiger partial charge on any atom is -0.481 e. The smallest absolute Gasteiger partial charge is 0.305 e. The van der Waals surface area contributed by atoms with Gasteiger partial charge in [-0.2, -0.15) is 0 Å². The Bertz CT molecular complexity index is 476. The molecule has 0 saturated heterocycles. The third-order valence-corrected chi connectivity index (χ3v) is 4.22. The van der Waals surface area contributed by atoms with E-state index in [9.17, 15) is 9.59 Å². The minimum atomic E-state index is -0.899. The van der Waals surface area contributed by atoms with Crippen LogP contribution in [0.5, 0.6) is 0 Å². The van der Waals surface area contributed by atoms with Crippen LogP contribution in [-0.4, -0.2) is 28.8 Å². The molecule has 0 saturated carbocycles. The van der Waals surface area contributed by atoms with Gasteiger partial charge in [0.25, 0.3) is 0 Å². The Morgan fingerprint density at radius 3 is 2.43 bits per heavy atom. The zero-order valence-electron chi connectivity index (χ0n) is 12.1. The molecule has 1 aromatic carbocycles. The van der Waals surface area contributed by atoms with E-state index in [-0.39, 0.29) is 24.3 Å². The summed E-state index contributed by atoms with van der Waals surface area (Å²) >= 11 is 7.37. The normalized spacial score (nSPS) is 12.2. The molecule has 0 aliphatic carbocycles. The van der Waals surface area contributed by atoms with Gasteiger partial charge in [-0.05, 0) is 30.2 Å². The van der Waals surface area contributed by atoms with E-state index < -0.39 is 5.97 Å². The molecular formula is C15H20ClNO3S. The van der Waals surface area contributed by atoms with E-state index in [2.05, 4.69) is 5.32 Å². The number of hydrogen-bond acceptors (Lipinski definition) is 3. The quantitative estimate of drug-likeness (QED) is 0.717. The number of nitrogens with one attached hydrogen (secondary N) is 1. The highest BCUT2D eigenvalue weighted by atomic mass is 35.5. The van der Waals surface area contributed by atoms with Crippen molar-refractivity contribution in [2.24, 2.45) is 5.92 Å².